The van der Waals surface area contributed by atoms with Crippen molar-refractivity contribution in [3.63, 3.8) is 0 Å². The maximum absolute atomic E-state index is 12.4. The first-order valence-electron chi connectivity index (χ1n) is 5.76. The van der Waals surface area contributed by atoms with Crippen LogP contribution in [-0.2, 0) is 9.53 Å². The van der Waals surface area contributed by atoms with E-state index in [0.29, 0.717) is 20.7 Å². The molecule has 2 aromatic rings. The number of nitrogens with zero attached hydrogens (tertiary/aromatic N) is 2. The largest absolute Gasteiger partial charge is 0.467 e. The molecule has 2 aromatic heterocycles. The van der Waals surface area contributed by atoms with E-state index in [0.717, 1.165) is 11.3 Å². The molecule has 20 heavy (non-hydrogen) atoms. The van der Waals surface area contributed by atoms with Crippen LogP contribution < -0.4 is 11.3 Å². The number of thiophene rings is 1. The topological polar surface area (TPSA) is 104 Å². The molecule has 1 atom stereocenters. The normalized spacial score (nSPS) is 12.3. The summed E-state index contributed by atoms with van der Waals surface area (Å²) in [5.41, 5.74) is 5.35. The van der Waals surface area contributed by atoms with Crippen LogP contribution in [0.3, 0.4) is 0 Å². The van der Waals surface area contributed by atoms with E-state index in [9.17, 15) is 14.4 Å². The van der Waals surface area contributed by atoms with Gasteiger partial charge in [-0.05, 0) is 19.4 Å². The number of nitrogens with two attached hydrogens (primary N) is 1. The SMILES string of the molecule is COC(=O)C(C)n1cnc2sc(C(N)=O)c(C)c2c1=O. The van der Waals surface area contributed by atoms with E-state index in [-0.39, 0.29) is 0 Å². The maximum atomic E-state index is 12.4. The van der Waals surface area contributed by atoms with Gasteiger partial charge in [0.1, 0.15) is 10.9 Å². The summed E-state index contributed by atoms with van der Waals surface area (Å²) < 4.78 is 5.79. The standard InChI is InChI=1S/C12H13N3O4S/c1-5-7-10(20-8(5)9(13)16)14-4-15(11(7)17)6(2)12(18)19-3/h4,6H,1-3H3,(H2,13,16). The molecule has 0 aliphatic heterocycles. The van der Waals surface area contributed by atoms with Crippen LogP contribution in [0.4, 0.5) is 0 Å². The van der Waals surface area contributed by atoms with Crippen LogP contribution in [-0.4, -0.2) is 28.5 Å². The number of esters is 1. The molecule has 0 aliphatic carbocycles. The number of aromatic nitrogens is 2. The number of carbonyl (C=O) groups excluding carboxylic acids is 2. The number of aryl methyl sites for hydroxylation is 1. The van der Waals surface area contributed by atoms with Gasteiger partial charge in [0.05, 0.1) is 23.7 Å². The Bertz CT molecular complexity index is 762. The van der Waals surface area contributed by atoms with E-state index < -0.39 is 23.5 Å². The van der Waals surface area contributed by atoms with Gasteiger partial charge in [0.25, 0.3) is 11.5 Å². The van der Waals surface area contributed by atoms with Crippen molar-refractivity contribution in [1.29, 1.82) is 0 Å². The molecule has 8 heteroatoms. The zero-order valence-electron chi connectivity index (χ0n) is 11.2. The van der Waals surface area contributed by atoms with Crippen LogP contribution in [0.25, 0.3) is 10.2 Å². The third kappa shape index (κ3) is 2.07. The summed E-state index contributed by atoms with van der Waals surface area (Å²) in [6.07, 6.45) is 1.27. The number of hydrogen-bond acceptors (Lipinski definition) is 6. The van der Waals surface area contributed by atoms with Crippen molar-refractivity contribution < 1.29 is 14.3 Å². The van der Waals surface area contributed by atoms with E-state index in [1.165, 1.54) is 24.9 Å². The summed E-state index contributed by atoms with van der Waals surface area (Å²) >= 11 is 1.07. The molecular formula is C12H13N3O4S. The lowest BCUT2D eigenvalue weighted by Crippen LogP contribution is -2.29. The van der Waals surface area contributed by atoms with Gasteiger partial charge in [0, 0.05) is 0 Å². The minimum Gasteiger partial charge on any atom is -0.467 e. The first kappa shape index (κ1) is 14.2. The quantitative estimate of drug-likeness (QED) is 0.835. The molecule has 106 valence electrons. The van der Waals surface area contributed by atoms with Crippen molar-refractivity contribution in [3.05, 3.63) is 27.1 Å². The van der Waals surface area contributed by atoms with E-state index >= 15 is 0 Å². The van der Waals surface area contributed by atoms with Gasteiger partial charge < -0.3 is 10.5 Å². The molecule has 0 fully saturated rings. The molecule has 0 bridgehead atoms. The molecule has 0 spiro atoms. The molecule has 1 unspecified atom stereocenters. The van der Waals surface area contributed by atoms with Crippen LogP contribution in [0.1, 0.15) is 28.2 Å². The Labute approximate surface area is 118 Å². The predicted molar refractivity (Wildman–Crippen MR) is 73.9 cm³/mol. The van der Waals surface area contributed by atoms with Crippen LogP contribution in [0.5, 0.6) is 0 Å². The van der Waals surface area contributed by atoms with Gasteiger partial charge in [0.2, 0.25) is 0 Å². The Morgan fingerprint density at radius 1 is 1.50 bits per heavy atom. The van der Waals surface area contributed by atoms with Crippen LogP contribution in [0, 0.1) is 6.92 Å². The smallest absolute Gasteiger partial charge is 0.328 e. The number of hydrogen-bond donors (Lipinski definition) is 1. The van der Waals surface area contributed by atoms with E-state index in [1.807, 2.05) is 0 Å². The Kier molecular flexibility index (Phi) is 3.58. The van der Waals surface area contributed by atoms with Crippen molar-refractivity contribution in [2.24, 2.45) is 5.73 Å². The zero-order chi connectivity index (χ0) is 15.0. The highest BCUT2D eigenvalue weighted by molar-refractivity contribution is 7.20. The molecule has 2 heterocycles. The lowest BCUT2D eigenvalue weighted by Gasteiger charge is -2.11. The molecule has 2 N–H and O–H groups in total. The number of methoxy groups -OCH3 is 1. The predicted octanol–water partition coefficient (Wildman–Crippen LogP) is 0.599. The number of carbonyl (C=O) groups is 2. The van der Waals surface area contributed by atoms with E-state index in [4.69, 9.17) is 5.73 Å². The highest BCUT2D eigenvalue weighted by atomic mass is 32.1. The van der Waals surface area contributed by atoms with Gasteiger partial charge in [-0.15, -0.1) is 11.3 Å². The van der Waals surface area contributed by atoms with E-state index in [2.05, 4.69) is 9.72 Å². The van der Waals surface area contributed by atoms with Crippen LogP contribution in [0.2, 0.25) is 0 Å². The summed E-state index contributed by atoms with van der Waals surface area (Å²) in [5.74, 6) is -1.14. The Morgan fingerprint density at radius 3 is 2.70 bits per heavy atom. The van der Waals surface area contributed by atoms with Crippen molar-refractivity contribution in [1.82, 2.24) is 9.55 Å². The van der Waals surface area contributed by atoms with Crippen LogP contribution in [0.15, 0.2) is 11.1 Å². The number of ether oxygens (including phenoxy) is 1. The van der Waals surface area contributed by atoms with Gasteiger partial charge in [-0.1, -0.05) is 0 Å². The summed E-state index contributed by atoms with van der Waals surface area (Å²) in [4.78, 5) is 40.1. The summed E-state index contributed by atoms with van der Waals surface area (Å²) in [5, 5.41) is 0.307. The molecule has 0 saturated heterocycles. The second kappa shape index (κ2) is 5.04. The van der Waals surface area contributed by atoms with Crippen molar-refractivity contribution in [2.75, 3.05) is 7.11 Å². The minimum absolute atomic E-state index is 0.299. The van der Waals surface area contributed by atoms with Gasteiger partial charge >= 0.3 is 5.97 Å². The highest BCUT2D eigenvalue weighted by Gasteiger charge is 2.22. The minimum atomic E-state index is -0.791. The molecule has 0 radical (unpaired) electrons. The first-order valence-corrected chi connectivity index (χ1v) is 6.58. The summed E-state index contributed by atoms with van der Waals surface area (Å²) in [6.45, 7) is 3.17. The van der Waals surface area contributed by atoms with Gasteiger partial charge in [0.15, 0.2) is 0 Å². The van der Waals surface area contributed by atoms with Gasteiger partial charge in [-0.25, -0.2) is 9.78 Å². The monoisotopic (exact) mass is 295 g/mol. The third-order valence-corrected chi connectivity index (χ3v) is 4.27. The van der Waals surface area contributed by atoms with Gasteiger partial charge in [-0.2, -0.15) is 0 Å². The summed E-state index contributed by atoms with van der Waals surface area (Å²) in [7, 11) is 1.25. The average Bonchev–Trinajstić information content (AvgIpc) is 2.75. The van der Waals surface area contributed by atoms with Crippen molar-refractivity contribution in [3.8, 4) is 0 Å². The Morgan fingerprint density at radius 2 is 2.15 bits per heavy atom. The fraction of sp³-hybridized carbons (Fsp3) is 0.333. The number of rotatable bonds is 3. The first-order chi connectivity index (χ1) is 9.38. The number of primary amides is 1. The number of fused-ring (bicyclic) bond motifs is 1. The lowest BCUT2D eigenvalue weighted by molar-refractivity contribution is -0.144. The zero-order valence-corrected chi connectivity index (χ0v) is 12.0. The Balaban J connectivity index is 2.71. The molecule has 2 rings (SSSR count). The molecule has 0 aromatic carbocycles. The fourth-order valence-corrected chi connectivity index (χ4v) is 2.92. The number of amides is 1. The second-order valence-corrected chi connectivity index (χ2v) is 5.26. The molecular weight excluding hydrogens is 282 g/mol. The highest BCUT2D eigenvalue weighted by Crippen LogP contribution is 2.26. The average molecular weight is 295 g/mol. The van der Waals surface area contributed by atoms with E-state index in [1.54, 1.807) is 6.92 Å². The summed E-state index contributed by atoms with van der Waals surface area (Å²) in [6, 6.07) is -0.791. The Hall–Kier alpha value is -2.22. The fourth-order valence-electron chi connectivity index (χ4n) is 1.93. The molecule has 7 nitrogen and oxygen atoms in total. The molecule has 1 amide bonds. The molecule has 0 saturated carbocycles. The van der Waals surface area contributed by atoms with Crippen molar-refractivity contribution in [2.45, 2.75) is 19.9 Å². The van der Waals surface area contributed by atoms with Gasteiger partial charge in [-0.3, -0.25) is 14.2 Å². The van der Waals surface area contributed by atoms with Crippen molar-refractivity contribution >= 4 is 33.4 Å². The lowest BCUT2D eigenvalue weighted by atomic mass is 10.2. The second-order valence-electron chi connectivity index (χ2n) is 4.26. The third-order valence-electron chi connectivity index (χ3n) is 3.06. The van der Waals surface area contributed by atoms with Crippen LogP contribution >= 0.6 is 11.3 Å². The maximum Gasteiger partial charge on any atom is 0.328 e. The molecule has 0 aliphatic rings.